The SMILES string of the molecule is CCCC(OCC1(C)COC1)[Si](OC)(OC)OC. The Balaban J connectivity index is 2.61. The van der Waals surface area contributed by atoms with E-state index in [-0.39, 0.29) is 11.1 Å². The third kappa shape index (κ3) is 3.52. The monoisotopic (exact) mass is 278 g/mol. The summed E-state index contributed by atoms with van der Waals surface area (Å²) in [6.07, 6.45) is 1.88. The summed E-state index contributed by atoms with van der Waals surface area (Å²) >= 11 is 0. The van der Waals surface area contributed by atoms with Crippen LogP contribution in [0.5, 0.6) is 0 Å². The second-order valence-corrected chi connectivity index (χ2v) is 8.18. The largest absolute Gasteiger partial charge is 0.530 e. The second kappa shape index (κ2) is 6.98. The first-order chi connectivity index (χ1) is 8.55. The zero-order chi connectivity index (χ0) is 13.6. The molecule has 18 heavy (non-hydrogen) atoms. The van der Waals surface area contributed by atoms with Crippen LogP contribution >= 0.6 is 0 Å². The van der Waals surface area contributed by atoms with E-state index >= 15 is 0 Å². The summed E-state index contributed by atoms with van der Waals surface area (Å²) in [6.45, 7) is 6.45. The Morgan fingerprint density at radius 3 is 2.06 bits per heavy atom. The summed E-state index contributed by atoms with van der Waals surface area (Å²) in [4.78, 5) is 0. The molecule has 0 radical (unpaired) electrons. The summed E-state index contributed by atoms with van der Waals surface area (Å²) in [7, 11) is 2.15. The van der Waals surface area contributed by atoms with E-state index in [4.69, 9.17) is 22.8 Å². The van der Waals surface area contributed by atoms with Crippen molar-refractivity contribution < 1.29 is 22.8 Å². The molecule has 0 N–H and O–H groups in total. The molecule has 0 amide bonds. The van der Waals surface area contributed by atoms with Crippen molar-refractivity contribution in [1.29, 1.82) is 0 Å². The zero-order valence-electron chi connectivity index (χ0n) is 12.2. The number of hydrogen-bond acceptors (Lipinski definition) is 5. The maximum absolute atomic E-state index is 6.03. The number of hydrogen-bond donors (Lipinski definition) is 0. The summed E-state index contributed by atoms with van der Waals surface area (Å²) in [5.41, 5.74) is 0.0152. The second-order valence-electron chi connectivity index (χ2n) is 5.11. The highest BCUT2D eigenvalue weighted by Crippen LogP contribution is 2.29. The molecule has 1 rings (SSSR count). The normalized spacial score (nSPS) is 20.5. The van der Waals surface area contributed by atoms with Gasteiger partial charge in [0.15, 0.2) is 0 Å². The Labute approximate surface area is 111 Å². The van der Waals surface area contributed by atoms with Crippen molar-refractivity contribution >= 4 is 8.80 Å². The quantitative estimate of drug-likeness (QED) is 0.600. The lowest BCUT2D eigenvalue weighted by Gasteiger charge is -2.40. The number of ether oxygens (including phenoxy) is 2. The van der Waals surface area contributed by atoms with E-state index in [1.54, 1.807) is 21.3 Å². The lowest BCUT2D eigenvalue weighted by molar-refractivity contribution is -0.148. The predicted molar refractivity (Wildman–Crippen MR) is 70.4 cm³/mol. The minimum Gasteiger partial charge on any atom is -0.380 e. The van der Waals surface area contributed by atoms with Gasteiger partial charge in [0.05, 0.1) is 19.8 Å². The molecule has 1 fully saturated rings. The lowest BCUT2D eigenvalue weighted by atomic mass is 9.90. The number of rotatable bonds is 9. The van der Waals surface area contributed by atoms with Crippen molar-refractivity contribution in [2.24, 2.45) is 5.41 Å². The third-order valence-corrected chi connectivity index (χ3v) is 6.28. The highest BCUT2D eigenvalue weighted by Gasteiger charge is 2.49. The molecule has 0 aromatic carbocycles. The third-order valence-electron chi connectivity index (χ3n) is 3.33. The molecule has 0 saturated carbocycles. The van der Waals surface area contributed by atoms with Gasteiger partial charge in [-0.3, -0.25) is 0 Å². The molecule has 0 aromatic rings. The van der Waals surface area contributed by atoms with Crippen LogP contribution in [0.2, 0.25) is 0 Å². The lowest BCUT2D eigenvalue weighted by Crippen LogP contribution is -2.57. The van der Waals surface area contributed by atoms with Gasteiger partial charge in [0.25, 0.3) is 0 Å². The molecule has 1 heterocycles. The molecule has 1 atom stereocenters. The van der Waals surface area contributed by atoms with Gasteiger partial charge in [-0.25, -0.2) is 0 Å². The summed E-state index contributed by atoms with van der Waals surface area (Å²) < 4.78 is 27.8. The molecule has 0 bridgehead atoms. The van der Waals surface area contributed by atoms with E-state index in [0.717, 1.165) is 26.1 Å². The summed E-state index contributed by atoms with van der Waals surface area (Å²) in [6, 6.07) is 0. The molecular weight excluding hydrogens is 252 g/mol. The topological polar surface area (TPSA) is 46.2 Å². The van der Waals surface area contributed by atoms with Crippen LogP contribution in [0.4, 0.5) is 0 Å². The Bertz CT molecular complexity index is 232. The van der Waals surface area contributed by atoms with Crippen LogP contribution in [0.1, 0.15) is 26.7 Å². The molecule has 108 valence electrons. The van der Waals surface area contributed by atoms with E-state index < -0.39 is 8.80 Å². The average molecular weight is 278 g/mol. The standard InChI is InChI=1S/C12H26O5Si/c1-6-7-11(18(13-3,14-4)15-5)17-10-12(2)8-16-9-12/h11H,6-10H2,1-5H3. The van der Waals surface area contributed by atoms with Gasteiger partial charge in [-0.05, 0) is 6.42 Å². The summed E-state index contributed by atoms with van der Waals surface area (Å²) in [5, 5.41) is 0. The predicted octanol–water partition coefficient (Wildman–Crippen LogP) is 1.63. The molecule has 5 nitrogen and oxygen atoms in total. The first-order valence-corrected chi connectivity index (χ1v) is 8.21. The highest BCUT2D eigenvalue weighted by molar-refractivity contribution is 6.62. The van der Waals surface area contributed by atoms with Crippen molar-refractivity contribution in [2.75, 3.05) is 41.2 Å². The van der Waals surface area contributed by atoms with Crippen LogP contribution in [-0.4, -0.2) is 55.7 Å². The van der Waals surface area contributed by atoms with Gasteiger partial charge in [0.2, 0.25) is 0 Å². The van der Waals surface area contributed by atoms with Crippen LogP contribution in [0.15, 0.2) is 0 Å². The molecule has 0 aromatic heterocycles. The van der Waals surface area contributed by atoms with Crippen molar-refractivity contribution in [3.05, 3.63) is 0 Å². The van der Waals surface area contributed by atoms with Crippen molar-refractivity contribution in [1.82, 2.24) is 0 Å². The van der Waals surface area contributed by atoms with Crippen molar-refractivity contribution in [3.63, 3.8) is 0 Å². The van der Waals surface area contributed by atoms with Gasteiger partial charge in [-0.1, -0.05) is 20.3 Å². The molecule has 0 spiro atoms. The van der Waals surface area contributed by atoms with Gasteiger partial charge >= 0.3 is 8.80 Å². The first kappa shape index (κ1) is 16.1. The Morgan fingerprint density at radius 2 is 1.72 bits per heavy atom. The van der Waals surface area contributed by atoms with Crippen LogP contribution in [-0.2, 0) is 22.8 Å². The molecular formula is C12H26O5Si. The molecule has 6 heteroatoms. The molecule has 1 aliphatic heterocycles. The van der Waals surface area contributed by atoms with Crippen LogP contribution in [0, 0.1) is 5.41 Å². The Kier molecular flexibility index (Phi) is 6.23. The fourth-order valence-electron chi connectivity index (χ4n) is 2.10. The van der Waals surface area contributed by atoms with Crippen LogP contribution in [0.3, 0.4) is 0 Å². The fourth-order valence-corrected chi connectivity index (χ4v) is 4.32. The molecule has 0 aliphatic carbocycles. The molecule has 1 unspecified atom stereocenters. The van der Waals surface area contributed by atoms with Gasteiger partial charge in [0, 0.05) is 26.7 Å². The fraction of sp³-hybridized carbons (Fsp3) is 1.00. The van der Waals surface area contributed by atoms with E-state index in [1.807, 2.05) is 0 Å². The van der Waals surface area contributed by atoms with Crippen LogP contribution in [0.25, 0.3) is 0 Å². The van der Waals surface area contributed by atoms with E-state index in [0.29, 0.717) is 6.61 Å². The van der Waals surface area contributed by atoms with Crippen LogP contribution < -0.4 is 0 Å². The minimum atomic E-state index is -2.72. The first-order valence-electron chi connectivity index (χ1n) is 6.40. The smallest absolute Gasteiger partial charge is 0.380 e. The Morgan fingerprint density at radius 1 is 1.17 bits per heavy atom. The van der Waals surface area contributed by atoms with Gasteiger partial charge in [0.1, 0.15) is 5.73 Å². The molecule has 1 aliphatic rings. The maximum atomic E-state index is 6.03. The van der Waals surface area contributed by atoms with Gasteiger partial charge in [-0.15, -0.1) is 0 Å². The Hall–Kier alpha value is 0.0169. The van der Waals surface area contributed by atoms with Gasteiger partial charge in [-0.2, -0.15) is 0 Å². The molecule has 1 saturated heterocycles. The zero-order valence-corrected chi connectivity index (χ0v) is 13.2. The summed E-state index contributed by atoms with van der Waals surface area (Å²) in [5.74, 6) is 0. The minimum absolute atomic E-state index is 0.111. The van der Waals surface area contributed by atoms with E-state index in [9.17, 15) is 0 Å². The average Bonchev–Trinajstić information content (AvgIpc) is 2.36. The van der Waals surface area contributed by atoms with Crippen molar-refractivity contribution in [3.8, 4) is 0 Å². The van der Waals surface area contributed by atoms with Crippen molar-refractivity contribution in [2.45, 2.75) is 32.4 Å². The highest BCUT2D eigenvalue weighted by atomic mass is 28.4. The maximum Gasteiger partial charge on any atom is 0.530 e. The van der Waals surface area contributed by atoms with E-state index in [2.05, 4.69) is 13.8 Å². The van der Waals surface area contributed by atoms with Gasteiger partial charge < -0.3 is 22.8 Å². The van der Waals surface area contributed by atoms with E-state index in [1.165, 1.54) is 0 Å².